The molecule has 1 aliphatic carbocycles. The van der Waals surface area contributed by atoms with Gasteiger partial charge in [0.25, 0.3) is 0 Å². The zero-order valence-electron chi connectivity index (χ0n) is 24.4. The third-order valence-electron chi connectivity index (χ3n) is 7.90. The molecule has 2 aliphatic heterocycles. The van der Waals surface area contributed by atoms with E-state index in [4.69, 9.17) is 41.9 Å². The van der Waals surface area contributed by atoms with Gasteiger partial charge in [0.2, 0.25) is 12.2 Å². The number of carbonyl (C=O) groups excluding carboxylic acids is 1. The molecule has 0 spiro atoms. The number of nitrogens with one attached hydrogen (secondary N) is 3. The number of amides is 1. The Labute approximate surface area is 246 Å². The van der Waals surface area contributed by atoms with Crippen LogP contribution in [0, 0.1) is 0 Å². The van der Waals surface area contributed by atoms with Gasteiger partial charge < -0.3 is 78.3 Å². The van der Waals surface area contributed by atoms with Crippen molar-refractivity contribution in [1.29, 1.82) is 0 Å². The number of carbonyl (C=O) groups is 1. The van der Waals surface area contributed by atoms with Crippen LogP contribution in [0.25, 0.3) is 0 Å². The van der Waals surface area contributed by atoms with E-state index in [1.807, 2.05) is 6.08 Å². The Morgan fingerprint density at radius 2 is 1.86 bits per heavy atom. The van der Waals surface area contributed by atoms with E-state index < -0.39 is 78.8 Å². The van der Waals surface area contributed by atoms with Gasteiger partial charge in [0.1, 0.15) is 41.9 Å². The predicted octanol–water partition coefficient (Wildman–Crippen LogP) is -5.00. The van der Waals surface area contributed by atoms with Gasteiger partial charge in [-0.15, -0.1) is 0 Å². The van der Waals surface area contributed by atoms with Crippen molar-refractivity contribution in [2.24, 2.45) is 22.9 Å². The normalized spacial score (nSPS) is 39.7. The van der Waals surface area contributed by atoms with E-state index in [1.165, 1.54) is 6.92 Å². The molecule has 16 heteroatoms. The van der Waals surface area contributed by atoms with Crippen molar-refractivity contribution >= 4 is 5.91 Å². The highest BCUT2D eigenvalue weighted by Gasteiger charge is 2.51. The van der Waals surface area contributed by atoms with Gasteiger partial charge in [-0.1, -0.05) is 0 Å². The quantitative estimate of drug-likeness (QED) is 0.0827. The van der Waals surface area contributed by atoms with E-state index in [0.717, 1.165) is 6.42 Å². The van der Waals surface area contributed by atoms with Crippen LogP contribution in [-0.2, 0) is 23.7 Å². The number of aliphatic hydroxyl groups excluding tert-OH is 3. The molecule has 3 rings (SSSR count). The monoisotopic (exact) mass is 605 g/mol. The van der Waals surface area contributed by atoms with Crippen molar-refractivity contribution in [3.63, 3.8) is 0 Å². The molecular weight excluding hydrogens is 554 g/mol. The summed E-state index contributed by atoms with van der Waals surface area (Å²) >= 11 is 0. The van der Waals surface area contributed by atoms with Gasteiger partial charge in [-0.3, -0.25) is 4.79 Å². The maximum Gasteiger partial charge on any atom is 0.249 e. The molecule has 1 amide bonds. The highest BCUT2D eigenvalue weighted by molar-refractivity contribution is 5.80. The fourth-order valence-corrected chi connectivity index (χ4v) is 5.53. The van der Waals surface area contributed by atoms with Crippen LogP contribution in [0.5, 0.6) is 0 Å². The molecule has 12 atom stereocenters. The minimum absolute atomic E-state index is 0.0294. The first-order valence-corrected chi connectivity index (χ1v) is 14.6. The smallest absolute Gasteiger partial charge is 0.249 e. The molecule has 244 valence electrons. The average molecular weight is 606 g/mol. The average Bonchev–Trinajstić information content (AvgIpc) is 2.93. The van der Waals surface area contributed by atoms with Crippen molar-refractivity contribution in [1.82, 2.24) is 16.0 Å². The van der Waals surface area contributed by atoms with Gasteiger partial charge in [-0.2, -0.15) is 0 Å². The lowest BCUT2D eigenvalue weighted by Gasteiger charge is -2.48. The minimum Gasteiger partial charge on any atom is -0.467 e. The summed E-state index contributed by atoms with van der Waals surface area (Å²) in [5.41, 5.74) is 22.3. The zero-order valence-corrected chi connectivity index (χ0v) is 24.4. The van der Waals surface area contributed by atoms with E-state index in [-0.39, 0.29) is 26.0 Å². The molecule has 16 nitrogen and oxygen atoms in total. The van der Waals surface area contributed by atoms with Gasteiger partial charge in [0, 0.05) is 6.04 Å². The maximum absolute atomic E-state index is 12.7. The van der Waals surface area contributed by atoms with Gasteiger partial charge in [0.05, 0.1) is 31.3 Å². The zero-order chi connectivity index (χ0) is 31.0. The van der Waals surface area contributed by atoms with Crippen LogP contribution in [0.3, 0.4) is 0 Å². The van der Waals surface area contributed by atoms with Crippen LogP contribution in [-0.4, -0.2) is 139 Å². The summed E-state index contributed by atoms with van der Waals surface area (Å²) in [4.78, 5) is 12.7. The number of hydrogen-bond donors (Lipinski definition) is 11. The topological polar surface area (TPSA) is 275 Å². The molecular formula is C26H51N7O9. The Kier molecular flexibility index (Phi) is 13.3. The van der Waals surface area contributed by atoms with Crippen molar-refractivity contribution in [2.45, 2.75) is 105 Å². The van der Waals surface area contributed by atoms with Gasteiger partial charge >= 0.3 is 0 Å². The lowest BCUT2D eigenvalue weighted by atomic mass is 9.83. The number of nitrogens with two attached hydrogens (primary N) is 4. The number of aliphatic hydroxyl groups is 4. The lowest BCUT2D eigenvalue weighted by molar-refractivity contribution is -0.304. The summed E-state index contributed by atoms with van der Waals surface area (Å²) in [6, 6.07) is -3.05. The molecule has 15 N–H and O–H groups in total. The second-order valence-corrected chi connectivity index (χ2v) is 11.5. The summed E-state index contributed by atoms with van der Waals surface area (Å²) in [5.74, 6) is -0.0816. The summed E-state index contributed by atoms with van der Waals surface area (Å²) < 4.78 is 23.9. The summed E-state index contributed by atoms with van der Waals surface area (Å²) in [5, 5.41) is 52.1. The Hall–Kier alpha value is -1.51. The SMILES string of the molecule is CN[C@@H]1[C@@H](O)[C@@H](O[C@@H]2[C@@H](O)[C@H](O[C@H]3OC(CNCCCN)=CC[C@H]3N)[C@@H](N)C[C@H]2NC(=O)[C@H](O)CCN)OC[C@]1(C)O. The van der Waals surface area contributed by atoms with Gasteiger partial charge in [0.15, 0.2) is 6.29 Å². The molecule has 0 aromatic rings. The molecule has 0 aromatic heterocycles. The first kappa shape index (κ1) is 35.0. The number of likely N-dealkylation sites (N-methyl/N-ethyl adjacent to an activating group) is 1. The third kappa shape index (κ3) is 8.78. The number of hydrogen-bond acceptors (Lipinski definition) is 15. The second kappa shape index (κ2) is 16.0. The summed E-state index contributed by atoms with van der Waals surface area (Å²) in [7, 11) is 1.58. The Balaban J connectivity index is 1.77. The van der Waals surface area contributed by atoms with Crippen molar-refractivity contribution in [3.05, 3.63) is 11.8 Å². The van der Waals surface area contributed by atoms with Gasteiger partial charge in [-0.25, -0.2) is 0 Å². The Morgan fingerprint density at radius 3 is 2.52 bits per heavy atom. The molecule has 42 heavy (non-hydrogen) atoms. The predicted molar refractivity (Wildman–Crippen MR) is 151 cm³/mol. The fraction of sp³-hybridized carbons (Fsp3) is 0.885. The third-order valence-corrected chi connectivity index (χ3v) is 7.90. The highest BCUT2D eigenvalue weighted by atomic mass is 16.7. The molecule has 2 fully saturated rings. The molecule has 2 heterocycles. The Bertz CT molecular complexity index is 885. The maximum atomic E-state index is 12.7. The molecule has 0 aromatic carbocycles. The van der Waals surface area contributed by atoms with Crippen molar-refractivity contribution in [2.75, 3.05) is 39.8 Å². The van der Waals surface area contributed by atoms with E-state index in [2.05, 4.69) is 16.0 Å². The van der Waals surface area contributed by atoms with E-state index in [1.54, 1.807) is 7.05 Å². The van der Waals surface area contributed by atoms with Crippen LogP contribution in [0.15, 0.2) is 11.8 Å². The van der Waals surface area contributed by atoms with Crippen LogP contribution in [0.1, 0.15) is 32.6 Å². The number of ether oxygens (including phenoxy) is 4. The van der Waals surface area contributed by atoms with E-state index >= 15 is 0 Å². The minimum atomic E-state index is -1.44. The molecule has 1 saturated heterocycles. The fourth-order valence-electron chi connectivity index (χ4n) is 5.53. The first-order chi connectivity index (χ1) is 19.9. The lowest BCUT2D eigenvalue weighted by Crippen LogP contribution is -2.69. The van der Waals surface area contributed by atoms with Crippen LogP contribution < -0.4 is 38.9 Å². The van der Waals surface area contributed by atoms with Crippen molar-refractivity contribution in [3.8, 4) is 0 Å². The van der Waals surface area contributed by atoms with Crippen LogP contribution in [0.2, 0.25) is 0 Å². The van der Waals surface area contributed by atoms with Crippen molar-refractivity contribution < 1.29 is 44.2 Å². The molecule has 0 radical (unpaired) electrons. The molecule has 0 unspecified atom stereocenters. The van der Waals surface area contributed by atoms with Crippen LogP contribution in [0.4, 0.5) is 0 Å². The van der Waals surface area contributed by atoms with E-state index in [9.17, 15) is 25.2 Å². The van der Waals surface area contributed by atoms with E-state index in [0.29, 0.717) is 31.8 Å². The molecule has 0 bridgehead atoms. The molecule has 3 aliphatic rings. The van der Waals surface area contributed by atoms with Crippen LogP contribution >= 0.6 is 0 Å². The highest BCUT2D eigenvalue weighted by Crippen LogP contribution is 2.32. The number of rotatable bonds is 14. The summed E-state index contributed by atoms with van der Waals surface area (Å²) in [6.45, 7) is 3.16. The Morgan fingerprint density at radius 1 is 1.14 bits per heavy atom. The summed E-state index contributed by atoms with van der Waals surface area (Å²) in [6.07, 6.45) is -5.34. The first-order valence-electron chi connectivity index (χ1n) is 14.6. The largest absolute Gasteiger partial charge is 0.467 e. The standard InChI is InChI=1S/C26H51N7O9/c1-26(38)12-39-25(19(36)22(26)31-2)42-21-16(33-23(37)17(34)6-8-28)10-15(30)20(18(21)35)41-24-14(29)5-4-13(40-24)11-32-9-3-7-27/h4,14-22,24-25,31-32,34-36,38H,3,5-12,27-30H2,1-2H3,(H,33,37)/t14-,15+,16-,17-,18+,19-,20-,21+,22-,24-,25-,26+/m1/s1. The molecule has 1 saturated carbocycles. The van der Waals surface area contributed by atoms with Gasteiger partial charge in [-0.05, 0) is 65.4 Å². The second-order valence-electron chi connectivity index (χ2n) is 11.5.